The van der Waals surface area contributed by atoms with Gasteiger partial charge in [-0.15, -0.1) is 6.58 Å². The van der Waals surface area contributed by atoms with E-state index in [1.54, 1.807) is 19.9 Å². The molecule has 2 aliphatic heterocycles. The second-order valence-corrected chi connectivity index (χ2v) is 6.90. The predicted molar refractivity (Wildman–Crippen MR) is 97.8 cm³/mol. The first-order chi connectivity index (χ1) is 13.4. The van der Waals surface area contributed by atoms with Crippen LogP contribution < -0.4 is 0 Å². The molecule has 2 saturated heterocycles. The van der Waals surface area contributed by atoms with Crippen LogP contribution in [0.3, 0.4) is 0 Å². The van der Waals surface area contributed by atoms with Crippen LogP contribution in [0.5, 0.6) is 0 Å². The van der Waals surface area contributed by atoms with E-state index >= 15 is 0 Å². The zero-order valence-corrected chi connectivity index (χ0v) is 15.8. The molecule has 1 aromatic carbocycles. The molecule has 0 aliphatic carbocycles. The lowest BCUT2D eigenvalue weighted by atomic mass is 10.0. The third kappa shape index (κ3) is 4.52. The van der Waals surface area contributed by atoms with E-state index in [2.05, 4.69) is 16.6 Å². The van der Waals surface area contributed by atoms with Crippen molar-refractivity contribution in [1.82, 2.24) is 0 Å². The quantitative estimate of drug-likeness (QED) is 0.222. The minimum Gasteiger partial charge on any atom is -0.460 e. The second-order valence-electron chi connectivity index (χ2n) is 6.90. The third-order valence-electron chi connectivity index (χ3n) is 4.38. The highest BCUT2D eigenvalue weighted by molar-refractivity contribution is 5.77. The van der Waals surface area contributed by atoms with Crippen molar-refractivity contribution in [3.63, 3.8) is 0 Å². The Kier molecular flexibility index (Phi) is 6.33. The molecule has 0 radical (unpaired) electrons. The van der Waals surface area contributed by atoms with E-state index in [1.165, 1.54) is 0 Å². The van der Waals surface area contributed by atoms with Crippen LogP contribution in [0.2, 0.25) is 0 Å². The molecule has 2 heterocycles. The van der Waals surface area contributed by atoms with Gasteiger partial charge in [0, 0.05) is 4.91 Å². The number of carbonyl (C=O) groups is 1. The van der Waals surface area contributed by atoms with Gasteiger partial charge >= 0.3 is 5.97 Å². The number of ether oxygens (including phenoxy) is 5. The van der Waals surface area contributed by atoms with Crippen LogP contribution in [0.25, 0.3) is 10.4 Å². The molecule has 9 nitrogen and oxygen atoms in total. The maximum atomic E-state index is 12.6. The van der Waals surface area contributed by atoms with E-state index in [1.807, 2.05) is 30.3 Å². The molecule has 2 fully saturated rings. The molecule has 3 rings (SSSR count). The molecule has 28 heavy (non-hydrogen) atoms. The number of esters is 1. The molecular weight excluding hydrogens is 366 g/mol. The summed E-state index contributed by atoms with van der Waals surface area (Å²) in [6, 6.07) is 7.96. The fourth-order valence-corrected chi connectivity index (χ4v) is 3.26. The summed E-state index contributed by atoms with van der Waals surface area (Å²) in [6.07, 6.45) is -1.33. The highest BCUT2D eigenvalue weighted by atomic mass is 16.8. The number of benzene rings is 1. The molecule has 9 heteroatoms. The highest BCUT2D eigenvalue weighted by Crippen LogP contribution is 2.40. The molecule has 0 aromatic heterocycles. The topological polar surface area (TPSA) is 112 Å². The van der Waals surface area contributed by atoms with Crippen molar-refractivity contribution in [1.29, 1.82) is 0 Å². The molecule has 150 valence electrons. The normalized spacial score (nSPS) is 28.8. The molecule has 0 N–H and O–H groups in total. The Hall–Kier alpha value is -2.42. The average Bonchev–Trinajstić information content (AvgIpc) is 3.16. The Morgan fingerprint density at radius 1 is 1.36 bits per heavy atom. The van der Waals surface area contributed by atoms with Crippen LogP contribution in [0.1, 0.15) is 19.4 Å². The van der Waals surface area contributed by atoms with E-state index in [-0.39, 0.29) is 13.2 Å². The maximum Gasteiger partial charge on any atom is 0.318 e. The fourth-order valence-electron chi connectivity index (χ4n) is 3.26. The Bertz CT molecular complexity index is 749. The standard InChI is InChI=1S/C19H23N3O6/c1-4-10-24-18-16-15(27-19(2,3)28-16)14(26-18)13(21-22-20)17(23)25-11-12-8-6-5-7-9-12/h4-9,13-16,18H,1,10-11H2,2-3H3/t13-,14+,15+,16+,18+/m0/s1. The number of rotatable bonds is 8. The molecule has 0 bridgehead atoms. The second kappa shape index (κ2) is 8.72. The van der Waals surface area contributed by atoms with Crippen molar-refractivity contribution in [2.75, 3.05) is 6.61 Å². The molecule has 0 amide bonds. The molecule has 1 aromatic rings. The van der Waals surface area contributed by atoms with Crippen LogP contribution in [-0.4, -0.2) is 49.0 Å². The predicted octanol–water partition coefficient (Wildman–Crippen LogP) is 2.86. The largest absolute Gasteiger partial charge is 0.460 e. The van der Waals surface area contributed by atoms with Crippen molar-refractivity contribution in [2.24, 2.45) is 5.11 Å². The van der Waals surface area contributed by atoms with Crippen molar-refractivity contribution >= 4 is 5.97 Å². The first-order valence-corrected chi connectivity index (χ1v) is 8.93. The van der Waals surface area contributed by atoms with Gasteiger partial charge in [-0.1, -0.05) is 41.5 Å². The Morgan fingerprint density at radius 3 is 2.75 bits per heavy atom. The minimum atomic E-state index is -1.24. The summed E-state index contributed by atoms with van der Waals surface area (Å²) >= 11 is 0. The minimum absolute atomic E-state index is 0.0528. The van der Waals surface area contributed by atoms with Crippen molar-refractivity contribution < 1.29 is 28.5 Å². The summed E-state index contributed by atoms with van der Waals surface area (Å²) in [5.41, 5.74) is 9.77. The zero-order chi connectivity index (χ0) is 20.1. The molecule has 5 atom stereocenters. The number of nitrogens with zero attached hydrogens (tertiary/aromatic N) is 3. The van der Waals surface area contributed by atoms with Crippen LogP contribution in [0.15, 0.2) is 48.1 Å². The monoisotopic (exact) mass is 389 g/mol. The Labute approximate surface area is 162 Å². The molecule has 0 saturated carbocycles. The number of fused-ring (bicyclic) bond motifs is 1. The van der Waals surface area contributed by atoms with E-state index in [0.29, 0.717) is 0 Å². The zero-order valence-electron chi connectivity index (χ0n) is 15.8. The summed E-state index contributed by atoms with van der Waals surface area (Å²) in [7, 11) is 0. The SMILES string of the molecule is C=CCO[C@@H]1O[C@H]([C@H](N=[N+]=[N-])C(=O)OCc2ccccc2)[C@H]2OC(C)(C)O[C@@H]12. The summed E-state index contributed by atoms with van der Waals surface area (Å²) in [4.78, 5) is 15.4. The highest BCUT2D eigenvalue weighted by Gasteiger charge is 2.58. The van der Waals surface area contributed by atoms with Crippen molar-refractivity contribution in [3.05, 3.63) is 59.0 Å². The van der Waals surface area contributed by atoms with Crippen LogP contribution in [-0.2, 0) is 35.1 Å². The number of hydrogen-bond donors (Lipinski definition) is 0. The lowest BCUT2D eigenvalue weighted by molar-refractivity contribution is -0.233. The van der Waals surface area contributed by atoms with Crippen LogP contribution >= 0.6 is 0 Å². The lowest BCUT2D eigenvalue weighted by Gasteiger charge is -2.26. The number of hydrogen-bond acceptors (Lipinski definition) is 7. The lowest BCUT2D eigenvalue weighted by Crippen LogP contribution is -2.42. The van der Waals surface area contributed by atoms with E-state index < -0.39 is 42.4 Å². The first kappa shape index (κ1) is 20.3. The van der Waals surface area contributed by atoms with Gasteiger partial charge in [-0.2, -0.15) is 0 Å². The van der Waals surface area contributed by atoms with Crippen LogP contribution in [0, 0.1) is 0 Å². The van der Waals surface area contributed by atoms with E-state index in [0.717, 1.165) is 5.56 Å². The summed E-state index contributed by atoms with van der Waals surface area (Å²) in [5.74, 6) is -1.59. The molecule has 0 spiro atoms. The van der Waals surface area contributed by atoms with Gasteiger partial charge in [0.2, 0.25) is 0 Å². The fraction of sp³-hybridized carbons (Fsp3) is 0.526. The van der Waals surface area contributed by atoms with E-state index in [9.17, 15) is 4.79 Å². The number of carbonyl (C=O) groups excluding carboxylic acids is 1. The Morgan fingerprint density at radius 2 is 2.07 bits per heavy atom. The van der Waals surface area contributed by atoms with Crippen molar-refractivity contribution in [2.45, 2.75) is 56.9 Å². The van der Waals surface area contributed by atoms with Gasteiger partial charge in [-0.05, 0) is 24.9 Å². The van der Waals surface area contributed by atoms with Gasteiger partial charge in [0.15, 0.2) is 18.1 Å². The van der Waals surface area contributed by atoms with Gasteiger partial charge in [-0.3, -0.25) is 4.79 Å². The molecule has 0 unspecified atom stereocenters. The van der Waals surface area contributed by atoms with Gasteiger partial charge in [0.25, 0.3) is 0 Å². The van der Waals surface area contributed by atoms with Gasteiger partial charge < -0.3 is 23.7 Å². The van der Waals surface area contributed by atoms with Gasteiger partial charge in [0.05, 0.1) is 6.61 Å². The summed E-state index contributed by atoms with van der Waals surface area (Å²) < 4.78 is 28.5. The number of azide groups is 1. The summed E-state index contributed by atoms with van der Waals surface area (Å²) in [6.45, 7) is 7.40. The Balaban J connectivity index is 1.75. The molecule has 2 aliphatic rings. The van der Waals surface area contributed by atoms with Crippen LogP contribution in [0.4, 0.5) is 0 Å². The average molecular weight is 389 g/mol. The first-order valence-electron chi connectivity index (χ1n) is 8.93. The summed E-state index contributed by atoms with van der Waals surface area (Å²) in [5, 5.41) is 3.61. The van der Waals surface area contributed by atoms with E-state index in [4.69, 9.17) is 29.2 Å². The maximum absolute atomic E-state index is 12.6. The third-order valence-corrected chi connectivity index (χ3v) is 4.38. The van der Waals surface area contributed by atoms with Gasteiger partial charge in [-0.25, -0.2) is 0 Å². The van der Waals surface area contributed by atoms with Crippen molar-refractivity contribution in [3.8, 4) is 0 Å². The van der Waals surface area contributed by atoms with Gasteiger partial charge in [0.1, 0.15) is 24.9 Å². The smallest absolute Gasteiger partial charge is 0.318 e. The molecular formula is C19H23N3O6.